The normalized spacial score (nSPS) is 16.2. The molecule has 1 saturated heterocycles. The Balaban J connectivity index is 1.46. The van der Waals surface area contributed by atoms with E-state index in [2.05, 4.69) is 11.0 Å². The number of benzene rings is 2. The summed E-state index contributed by atoms with van der Waals surface area (Å²) in [6, 6.07) is 13.1. The summed E-state index contributed by atoms with van der Waals surface area (Å²) >= 11 is 12.0. The molecule has 2 aromatic carbocycles. The Morgan fingerprint density at radius 2 is 1.85 bits per heavy atom. The van der Waals surface area contributed by atoms with Crippen molar-refractivity contribution in [2.75, 3.05) is 51.3 Å². The number of quaternary nitrogens is 1. The number of nitrogens with one attached hydrogen (secondary N) is 1. The van der Waals surface area contributed by atoms with E-state index in [1.807, 2.05) is 18.2 Å². The number of methoxy groups -OCH3 is 1. The van der Waals surface area contributed by atoms with Crippen LogP contribution in [-0.4, -0.2) is 57.7 Å². The Kier molecular flexibility index (Phi) is 7.07. The Morgan fingerprint density at radius 3 is 2.56 bits per heavy atom. The molecule has 146 valence electrons. The minimum absolute atomic E-state index is 0.209. The number of hydrogen-bond donors (Lipinski definition) is 2. The summed E-state index contributed by atoms with van der Waals surface area (Å²) in [4.78, 5) is 3.69. The van der Waals surface area contributed by atoms with Crippen LogP contribution in [0.2, 0.25) is 10.0 Å². The van der Waals surface area contributed by atoms with E-state index in [0.29, 0.717) is 22.3 Å². The Bertz CT molecular complexity index is 752. The van der Waals surface area contributed by atoms with Crippen LogP contribution in [0.1, 0.15) is 0 Å². The molecule has 0 unspecified atom stereocenters. The first kappa shape index (κ1) is 20.1. The van der Waals surface area contributed by atoms with E-state index in [9.17, 15) is 5.11 Å². The van der Waals surface area contributed by atoms with Gasteiger partial charge in [0.25, 0.3) is 0 Å². The monoisotopic (exact) mass is 411 g/mol. The maximum Gasteiger partial charge on any atom is 0.142 e. The zero-order valence-corrected chi connectivity index (χ0v) is 16.8. The Morgan fingerprint density at radius 1 is 1.11 bits per heavy atom. The van der Waals surface area contributed by atoms with Gasteiger partial charge in [0.05, 0.1) is 44.0 Å². The second kappa shape index (κ2) is 9.51. The number of hydrogen-bond acceptors (Lipinski definition) is 4. The second-order valence-corrected chi connectivity index (χ2v) is 7.50. The van der Waals surface area contributed by atoms with Gasteiger partial charge in [0.2, 0.25) is 0 Å². The van der Waals surface area contributed by atoms with Crippen molar-refractivity contribution < 1.29 is 19.5 Å². The van der Waals surface area contributed by atoms with Crippen LogP contribution in [0.3, 0.4) is 0 Å². The molecule has 0 bridgehead atoms. The van der Waals surface area contributed by atoms with Crippen molar-refractivity contribution in [2.45, 2.75) is 6.10 Å². The first-order chi connectivity index (χ1) is 13.1. The molecule has 27 heavy (non-hydrogen) atoms. The quantitative estimate of drug-likeness (QED) is 0.732. The largest absolute Gasteiger partial charge is 0.495 e. The molecule has 0 radical (unpaired) electrons. The van der Waals surface area contributed by atoms with Gasteiger partial charge in [-0.1, -0.05) is 35.3 Å². The fourth-order valence-electron chi connectivity index (χ4n) is 3.33. The average molecular weight is 412 g/mol. The highest BCUT2D eigenvalue weighted by atomic mass is 35.5. The standard InChI is InChI=1S/C20H24Cl2N2O3/c1-26-20-5-3-2-4-18(20)24-10-8-23(9-11-24)13-16(25)14-27-19-7-6-15(21)12-17(19)22/h2-7,12,16,25H,8-11,13-14H2,1H3/p+1/t16-/m1/s1. The van der Waals surface area contributed by atoms with Crippen LogP contribution in [-0.2, 0) is 0 Å². The number of aliphatic hydroxyl groups is 1. The second-order valence-electron chi connectivity index (χ2n) is 6.65. The molecule has 1 aliphatic heterocycles. The van der Waals surface area contributed by atoms with Crippen molar-refractivity contribution >= 4 is 28.9 Å². The lowest BCUT2D eigenvalue weighted by Crippen LogP contribution is -3.16. The highest BCUT2D eigenvalue weighted by molar-refractivity contribution is 6.35. The lowest BCUT2D eigenvalue weighted by Gasteiger charge is -2.35. The van der Waals surface area contributed by atoms with Crippen molar-refractivity contribution in [1.82, 2.24) is 0 Å². The summed E-state index contributed by atoms with van der Waals surface area (Å²) < 4.78 is 11.1. The first-order valence-electron chi connectivity index (χ1n) is 9.04. The molecule has 1 aliphatic rings. The van der Waals surface area contributed by atoms with Crippen LogP contribution in [0, 0.1) is 0 Å². The van der Waals surface area contributed by atoms with Crippen molar-refractivity contribution in [3.8, 4) is 11.5 Å². The molecule has 1 atom stereocenters. The van der Waals surface area contributed by atoms with Crippen LogP contribution < -0.4 is 19.3 Å². The van der Waals surface area contributed by atoms with Gasteiger partial charge in [-0.2, -0.15) is 0 Å². The van der Waals surface area contributed by atoms with Gasteiger partial charge in [-0.25, -0.2) is 0 Å². The highest BCUT2D eigenvalue weighted by Crippen LogP contribution is 2.28. The predicted octanol–water partition coefficient (Wildman–Crippen LogP) is 2.15. The van der Waals surface area contributed by atoms with E-state index in [1.54, 1.807) is 25.3 Å². The zero-order chi connectivity index (χ0) is 19.2. The smallest absolute Gasteiger partial charge is 0.142 e. The van der Waals surface area contributed by atoms with Crippen LogP contribution >= 0.6 is 23.2 Å². The van der Waals surface area contributed by atoms with Gasteiger partial charge in [-0.3, -0.25) is 0 Å². The fourth-order valence-corrected chi connectivity index (χ4v) is 3.79. The van der Waals surface area contributed by atoms with E-state index in [4.69, 9.17) is 32.7 Å². The van der Waals surface area contributed by atoms with E-state index >= 15 is 0 Å². The number of ether oxygens (including phenoxy) is 2. The van der Waals surface area contributed by atoms with Gasteiger partial charge in [0, 0.05) is 5.02 Å². The molecule has 7 heteroatoms. The molecular weight excluding hydrogens is 387 g/mol. The summed E-state index contributed by atoms with van der Waals surface area (Å²) in [6.07, 6.45) is -0.551. The highest BCUT2D eigenvalue weighted by Gasteiger charge is 2.24. The number of nitrogens with zero attached hydrogens (tertiary/aromatic N) is 1. The number of piperazine rings is 1. The van der Waals surface area contributed by atoms with Crippen molar-refractivity contribution in [1.29, 1.82) is 0 Å². The number of rotatable bonds is 7. The van der Waals surface area contributed by atoms with Gasteiger partial charge < -0.3 is 24.4 Å². The maximum absolute atomic E-state index is 10.3. The molecule has 1 fully saturated rings. The molecule has 3 rings (SSSR count). The summed E-state index contributed by atoms with van der Waals surface area (Å²) in [7, 11) is 1.70. The third kappa shape index (κ3) is 5.42. The number of aliphatic hydroxyl groups excluding tert-OH is 1. The van der Waals surface area contributed by atoms with Crippen molar-refractivity contribution in [3.05, 3.63) is 52.5 Å². The van der Waals surface area contributed by atoms with Crippen LogP contribution in [0.25, 0.3) is 0 Å². The lowest BCUT2D eigenvalue weighted by atomic mass is 10.2. The minimum Gasteiger partial charge on any atom is -0.495 e. The van der Waals surface area contributed by atoms with Crippen molar-refractivity contribution in [2.24, 2.45) is 0 Å². The summed E-state index contributed by atoms with van der Waals surface area (Å²) in [6.45, 7) is 4.61. The number of anilines is 1. The fraction of sp³-hybridized carbons (Fsp3) is 0.400. The molecule has 2 aromatic rings. The lowest BCUT2D eigenvalue weighted by molar-refractivity contribution is -0.903. The number of halogens is 2. The Hall–Kier alpha value is -1.66. The topological polar surface area (TPSA) is 46.4 Å². The van der Waals surface area contributed by atoms with Crippen LogP contribution in [0.4, 0.5) is 5.69 Å². The molecule has 0 aromatic heterocycles. The molecular formula is C20H25Cl2N2O3+. The Labute approximate surface area is 170 Å². The van der Waals surface area contributed by atoms with Gasteiger partial charge in [0.15, 0.2) is 0 Å². The van der Waals surface area contributed by atoms with Crippen LogP contribution in [0.15, 0.2) is 42.5 Å². The molecule has 0 saturated carbocycles. The summed E-state index contributed by atoms with van der Waals surface area (Å²) in [5.74, 6) is 1.44. The first-order valence-corrected chi connectivity index (χ1v) is 9.80. The molecule has 0 amide bonds. The molecule has 0 spiro atoms. The SMILES string of the molecule is COc1ccccc1N1CC[NH+](C[C@@H](O)COc2ccc(Cl)cc2Cl)CC1. The predicted molar refractivity (Wildman–Crippen MR) is 109 cm³/mol. The summed E-state index contributed by atoms with van der Waals surface area (Å²) in [5.41, 5.74) is 1.13. The van der Waals surface area contributed by atoms with Gasteiger partial charge in [-0.05, 0) is 30.3 Å². The third-order valence-corrected chi connectivity index (χ3v) is 5.28. The molecule has 2 N–H and O–H groups in total. The average Bonchev–Trinajstić information content (AvgIpc) is 2.68. The third-order valence-electron chi connectivity index (χ3n) is 4.75. The van der Waals surface area contributed by atoms with Gasteiger partial charge in [0.1, 0.15) is 30.8 Å². The maximum atomic E-state index is 10.3. The molecule has 0 aliphatic carbocycles. The molecule has 5 nitrogen and oxygen atoms in total. The van der Waals surface area contributed by atoms with Gasteiger partial charge >= 0.3 is 0 Å². The van der Waals surface area contributed by atoms with E-state index in [1.165, 1.54) is 4.90 Å². The van der Waals surface area contributed by atoms with Crippen molar-refractivity contribution in [3.63, 3.8) is 0 Å². The minimum atomic E-state index is -0.551. The van der Waals surface area contributed by atoms with Crippen LogP contribution in [0.5, 0.6) is 11.5 Å². The number of para-hydroxylation sites is 2. The molecule has 1 heterocycles. The zero-order valence-electron chi connectivity index (χ0n) is 15.3. The van der Waals surface area contributed by atoms with E-state index in [0.717, 1.165) is 37.6 Å². The summed E-state index contributed by atoms with van der Waals surface area (Å²) in [5, 5.41) is 11.3. The van der Waals surface area contributed by atoms with E-state index < -0.39 is 6.10 Å². The van der Waals surface area contributed by atoms with Gasteiger partial charge in [-0.15, -0.1) is 0 Å². The van der Waals surface area contributed by atoms with E-state index in [-0.39, 0.29) is 6.61 Å².